The maximum Gasteiger partial charge on any atom is 0.416 e. The third-order valence-electron chi connectivity index (χ3n) is 5.36. The van der Waals surface area contributed by atoms with Crippen molar-refractivity contribution in [3.05, 3.63) is 53.7 Å². The number of pyridine rings is 1. The number of nitrogens with zero attached hydrogens (tertiary/aromatic N) is 1. The summed E-state index contributed by atoms with van der Waals surface area (Å²) in [6.07, 6.45) is -1.78. The van der Waals surface area contributed by atoms with Crippen molar-refractivity contribution in [3.8, 4) is 0 Å². The Morgan fingerprint density at radius 2 is 1.88 bits per heavy atom. The van der Waals surface area contributed by atoms with Gasteiger partial charge in [-0.1, -0.05) is 6.92 Å². The molecule has 0 bridgehead atoms. The standard InChI is InChI=1S/C21H22F3N5O3/c1-2-20(10-4-12-26-18(20)31)19(32)29-28-17(30)15-5-3-11-25-16(15)27-14-8-6-13(7-9-14)21(22,23)24/h3,5-9,11H,2,4,10,12H2,1H3,(H,25,27)(H,26,31)(H,28,30)(H,29,32). The first-order chi connectivity index (χ1) is 15.2. The Hall–Kier alpha value is -3.63. The van der Waals surface area contributed by atoms with Gasteiger partial charge in [-0.3, -0.25) is 25.2 Å². The smallest absolute Gasteiger partial charge is 0.355 e. The summed E-state index contributed by atoms with van der Waals surface area (Å²) in [6, 6.07) is 7.18. The zero-order valence-electron chi connectivity index (χ0n) is 17.2. The highest BCUT2D eigenvalue weighted by Gasteiger charge is 2.45. The largest absolute Gasteiger partial charge is 0.416 e. The van der Waals surface area contributed by atoms with Crippen molar-refractivity contribution in [3.63, 3.8) is 0 Å². The number of hydrogen-bond acceptors (Lipinski definition) is 5. The van der Waals surface area contributed by atoms with Crippen LogP contribution in [0.15, 0.2) is 42.6 Å². The second kappa shape index (κ2) is 9.25. The molecule has 2 heterocycles. The fraction of sp³-hybridized carbons (Fsp3) is 0.333. The molecule has 2 aromatic rings. The second-order valence-corrected chi connectivity index (χ2v) is 7.30. The topological polar surface area (TPSA) is 112 Å². The van der Waals surface area contributed by atoms with Gasteiger partial charge in [0.2, 0.25) is 5.91 Å². The summed E-state index contributed by atoms with van der Waals surface area (Å²) in [7, 11) is 0. The van der Waals surface area contributed by atoms with Crippen LogP contribution in [0.2, 0.25) is 0 Å². The van der Waals surface area contributed by atoms with Gasteiger partial charge in [-0.05, 0) is 55.7 Å². The maximum absolute atomic E-state index is 12.7. The predicted octanol–water partition coefficient (Wildman–Crippen LogP) is 2.91. The highest BCUT2D eigenvalue weighted by molar-refractivity contribution is 6.07. The first kappa shape index (κ1) is 23.0. The number of alkyl halides is 3. The van der Waals surface area contributed by atoms with Crippen LogP contribution in [0.25, 0.3) is 0 Å². The first-order valence-electron chi connectivity index (χ1n) is 9.96. The van der Waals surface area contributed by atoms with Crippen molar-refractivity contribution in [2.24, 2.45) is 5.41 Å². The quantitative estimate of drug-likeness (QED) is 0.414. The zero-order valence-corrected chi connectivity index (χ0v) is 17.2. The van der Waals surface area contributed by atoms with Crippen LogP contribution in [0.1, 0.15) is 42.1 Å². The molecule has 3 amide bonds. The molecule has 32 heavy (non-hydrogen) atoms. The van der Waals surface area contributed by atoms with Gasteiger partial charge < -0.3 is 10.6 Å². The average Bonchev–Trinajstić information content (AvgIpc) is 2.78. The molecule has 1 aromatic carbocycles. The van der Waals surface area contributed by atoms with Crippen LogP contribution in [-0.4, -0.2) is 29.3 Å². The molecular weight excluding hydrogens is 427 g/mol. The number of hydrogen-bond donors (Lipinski definition) is 4. The van der Waals surface area contributed by atoms with Gasteiger partial charge in [0.05, 0.1) is 11.1 Å². The normalized spacial score (nSPS) is 18.4. The van der Waals surface area contributed by atoms with Crippen LogP contribution in [0.3, 0.4) is 0 Å². The van der Waals surface area contributed by atoms with Crippen molar-refractivity contribution < 1.29 is 27.6 Å². The maximum atomic E-state index is 12.7. The van der Waals surface area contributed by atoms with Crippen molar-refractivity contribution in [1.29, 1.82) is 0 Å². The molecule has 1 unspecified atom stereocenters. The number of anilines is 2. The number of rotatable bonds is 5. The van der Waals surface area contributed by atoms with E-state index in [1.54, 1.807) is 6.92 Å². The molecule has 3 rings (SSSR count). The third-order valence-corrected chi connectivity index (χ3v) is 5.36. The number of halogens is 3. The lowest BCUT2D eigenvalue weighted by Crippen LogP contribution is -2.57. The van der Waals surface area contributed by atoms with Crippen LogP contribution in [-0.2, 0) is 15.8 Å². The van der Waals surface area contributed by atoms with Gasteiger partial charge in [0.1, 0.15) is 11.2 Å². The second-order valence-electron chi connectivity index (χ2n) is 7.30. The van der Waals surface area contributed by atoms with E-state index in [0.717, 1.165) is 12.1 Å². The number of carbonyl (C=O) groups excluding carboxylic acids is 3. The zero-order chi connectivity index (χ0) is 23.4. The lowest BCUT2D eigenvalue weighted by molar-refractivity contribution is -0.146. The van der Waals surface area contributed by atoms with Gasteiger partial charge in [0.25, 0.3) is 11.8 Å². The number of aromatic nitrogens is 1. The molecular formula is C21H22F3N5O3. The molecule has 8 nitrogen and oxygen atoms in total. The summed E-state index contributed by atoms with van der Waals surface area (Å²) in [6.45, 7) is 2.22. The first-order valence-corrected chi connectivity index (χ1v) is 9.96. The van der Waals surface area contributed by atoms with Crippen LogP contribution >= 0.6 is 0 Å². The Morgan fingerprint density at radius 3 is 2.50 bits per heavy atom. The summed E-state index contributed by atoms with van der Waals surface area (Å²) in [4.78, 5) is 41.6. The molecule has 0 spiro atoms. The summed E-state index contributed by atoms with van der Waals surface area (Å²) in [5.74, 6) is -1.63. The molecule has 1 aromatic heterocycles. The monoisotopic (exact) mass is 449 g/mol. The van der Waals surface area contributed by atoms with Gasteiger partial charge >= 0.3 is 6.18 Å². The molecule has 0 radical (unpaired) electrons. The van der Waals surface area contributed by atoms with E-state index in [1.807, 2.05) is 0 Å². The number of benzene rings is 1. The van der Waals surface area contributed by atoms with Crippen molar-refractivity contribution in [2.45, 2.75) is 32.4 Å². The van der Waals surface area contributed by atoms with Crippen LogP contribution in [0, 0.1) is 5.41 Å². The summed E-state index contributed by atoms with van der Waals surface area (Å²) in [5, 5.41) is 5.46. The van der Waals surface area contributed by atoms with Crippen LogP contribution in [0.5, 0.6) is 0 Å². The fourth-order valence-electron chi connectivity index (χ4n) is 3.46. The molecule has 0 aliphatic carbocycles. The lowest BCUT2D eigenvalue weighted by atomic mass is 9.77. The van der Waals surface area contributed by atoms with E-state index in [0.29, 0.717) is 25.1 Å². The van der Waals surface area contributed by atoms with Gasteiger partial charge in [-0.15, -0.1) is 0 Å². The van der Waals surface area contributed by atoms with E-state index in [-0.39, 0.29) is 23.7 Å². The highest BCUT2D eigenvalue weighted by atomic mass is 19.4. The Bertz CT molecular complexity index is 1010. The van der Waals surface area contributed by atoms with Gasteiger partial charge in [-0.2, -0.15) is 13.2 Å². The predicted molar refractivity (Wildman–Crippen MR) is 110 cm³/mol. The number of carbonyl (C=O) groups is 3. The molecule has 1 aliphatic rings. The third kappa shape index (κ3) is 4.82. The molecule has 1 atom stereocenters. The SMILES string of the molecule is CCC1(C(=O)NNC(=O)c2cccnc2Nc2ccc(C(F)(F)F)cc2)CCCNC1=O. The van der Waals surface area contributed by atoms with E-state index < -0.39 is 29.0 Å². The van der Waals surface area contributed by atoms with E-state index in [1.165, 1.54) is 30.5 Å². The molecule has 1 aliphatic heterocycles. The number of nitrogens with one attached hydrogen (secondary N) is 4. The van der Waals surface area contributed by atoms with Gasteiger partial charge in [0.15, 0.2) is 0 Å². The minimum Gasteiger partial charge on any atom is -0.355 e. The van der Waals surface area contributed by atoms with E-state index >= 15 is 0 Å². The number of hydrazine groups is 1. The summed E-state index contributed by atoms with van der Waals surface area (Å²) >= 11 is 0. The minimum atomic E-state index is -4.46. The number of amides is 3. The van der Waals surface area contributed by atoms with Crippen molar-refractivity contribution >= 4 is 29.2 Å². The Labute approximate surface area is 182 Å². The fourth-order valence-corrected chi connectivity index (χ4v) is 3.46. The van der Waals surface area contributed by atoms with Crippen molar-refractivity contribution in [1.82, 2.24) is 21.2 Å². The molecule has 1 fully saturated rings. The van der Waals surface area contributed by atoms with Crippen LogP contribution in [0.4, 0.5) is 24.7 Å². The van der Waals surface area contributed by atoms with E-state index in [4.69, 9.17) is 0 Å². The molecule has 4 N–H and O–H groups in total. The molecule has 0 saturated carbocycles. The Kier molecular flexibility index (Phi) is 6.66. The van der Waals surface area contributed by atoms with Crippen molar-refractivity contribution in [2.75, 3.05) is 11.9 Å². The highest BCUT2D eigenvalue weighted by Crippen LogP contribution is 2.32. The summed E-state index contributed by atoms with van der Waals surface area (Å²) < 4.78 is 38.2. The molecule has 1 saturated heterocycles. The van der Waals surface area contributed by atoms with E-state index in [2.05, 4.69) is 26.5 Å². The van der Waals surface area contributed by atoms with Gasteiger partial charge in [-0.25, -0.2) is 4.98 Å². The van der Waals surface area contributed by atoms with Gasteiger partial charge in [0, 0.05) is 18.4 Å². The molecule has 170 valence electrons. The van der Waals surface area contributed by atoms with Crippen LogP contribution < -0.4 is 21.5 Å². The number of piperidine rings is 1. The van der Waals surface area contributed by atoms with E-state index in [9.17, 15) is 27.6 Å². The Balaban J connectivity index is 1.70. The molecule has 11 heteroatoms. The summed E-state index contributed by atoms with van der Waals surface area (Å²) in [5.41, 5.74) is 2.86. The average molecular weight is 449 g/mol. The Morgan fingerprint density at radius 1 is 1.16 bits per heavy atom. The lowest BCUT2D eigenvalue weighted by Gasteiger charge is -2.33. The minimum absolute atomic E-state index is 0.0475.